The molecule has 2 aromatic carbocycles. The van der Waals surface area contributed by atoms with Crippen LogP contribution in [0.25, 0.3) is 0 Å². The Morgan fingerprint density at radius 2 is 2.02 bits per heavy atom. The Bertz CT molecular complexity index is 1400. The minimum Gasteiger partial charge on any atom is -0.490 e. The Balaban J connectivity index is 1.41. The molecule has 1 spiro atoms. The van der Waals surface area contributed by atoms with E-state index in [1.807, 2.05) is 25.1 Å². The first-order chi connectivity index (χ1) is 19.3. The average molecular weight is 582 g/mol. The molecule has 2 bridgehead atoms. The van der Waals surface area contributed by atoms with E-state index in [9.17, 15) is 9.00 Å². The highest BCUT2D eigenvalue weighted by Crippen LogP contribution is 2.46. The van der Waals surface area contributed by atoms with Crippen LogP contribution in [0, 0.1) is 17.8 Å². The van der Waals surface area contributed by atoms with Gasteiger partial charge in [-0.1, -0.05) is 42.5 Å². The fourth-order valence-corrected chi connectivity index (χ4v) is 8.31. The van der Waals surface area contributed by atoms with Crippen molar-refractivity contribution in [1.82, 2.24) is 0 Å². The molecule has 6 nitrogen and oxygen atoms in total. The summed E-state index contributed by atoms with van der Waals surface area (Å²) in [6, 6.07) is 11.9. The molecular formula is C32H38ClN2O4S-. The van der Waals surface area contributed by atoms with Gasteiger partial charge in [-0.3, -0.25) is 4.79 Å². The number of halogens is 1. The number of rotatable bonds is 1. The van der Waals surface area contributed by atoms with Gasteiger partial charge in [0.25, 0.3) is 5.91 Å². The Hall–Kier alpha value is -2.35. The quantitative estimate of drug-likeness (QED) is 0.276. The van der Waals surface area contributed by atoms with Crippen molar-refractivity contribution in [1.29, 1.82) is 0 Å². The van der Waals surface area contributed by atoms with Gasteiger partial charge in [-0.25, -0.2) is 0 Å². The number of nitrogens with zero attached hydrogens (tertiary/aromatic N) is 2. The third kappa shape index (κ3) is 5.45. The van der Waals surface area contributed by atoms with Gasteiger partial charge >= 0.3 is 0 Å². The van der Waals surface area contributed by atoms with Crippen LogP contribution in [0.15, 0.2) is 52.9 Å². The van der Waals surface area contributed by atoms with Gasteiger partial charge in [-0.15, -0.1) is 0 Å². The van der Waals surface area contributed by atoms with Crippen molar-refractivity contribution in [3.05, 3.63) is 70.3 Å². The summed E-state index contributed by atoms with van der Waals surface area (Å²) in [5.74, 6) is 1.75. The van der Waals surface area contributed by atoms with Crippen LogP contribution >= 0.6 is 11.6 Å². The molecule has 2 aliphatic heterocycles. The van der Waals surface area contributed by atoms with Crippen molar-refractivity contribution in [2.45, 2.75) is 57.0 Å². The molecular weight excluding hydrogens is 544 g/mol. The van der Waals surface area contributed by atoms with Gasteiger partial charge < -0.3 is 22.9 Å². The number of carbonyl (C=O) groups excluding carboxylic acids is 1. The minimum absolute atomic E-state index is 0.0240. The molecule has 0 unspecified atom stereocenters. The van der Waals surface area contributed by atoms with E-state index in [4.69, 9.17) is 21.1 Å². The number of benzene rings is 2. The zero-order valence-electron chi connectivity index (χ0n) is 23.3. The number of fused-ring (bicyclic) bond motifs is 4. The zero-order chi connectivity index (χ0) is 27.9. The molecule has 1 saturated carbocycles. The lowest BCUT2D eigenvalue weighted by molar-refractivity contribution is 0.100. The van der Waals surface area contributed by atoms with Crippen LogP contribution in [0.4, 0.5) is 5.69 Å². The Kier molecular flexibility index (Phi) is 7.99. The third-order valence-corrected chi connectivity index (χ3v) is 10.9. The molecule has 1 fully saturated rings. The average Bonchev–Trinajstić information content (AvgIpc) is 3.07. The van der Waals surface area contributed by atoms with Crippen molar-refractivity contribution in [3.63, 3.8) is 0 Å². The molecule has 0 radical (unpaired) electrons. The van der Waals surface area contributed by atoms with Gasteiger partial charge in [0.1, 0.15) is 5.75 Å². The second-order valence-electron chi connectivity index (χ2n) is 12.1. The van der Waals surface area contributed by atoms with Gasteiger partial charge in [-0.05, 0) is 97.7 Å². The van der Waals surface area contributed by atoms with E-state index < -0.39 is 16.5 Å². The van der Waals surface area contributed by atoms with Crippen LogP contribution < -0.4 is 9.64 Å². The Morgan fingerprint density at radius 1 is 1.18 bits per heavy atom. The summed E-state index contributed by atoms with van der Waals surface area (Å²) in [6.07, 6.45) is 10.8. The van der Waals surface area contributed by atoms with Gasteiger partial charge in [0.15, 0.2) is 0 Å². The number of ether oxygens (including phenoxy) is 2. The molecule has 4 aliphatic rings. The van der Waals surface area contributed by atoms with Crippen LogP contribution in [-0.2, 0) is 31.4 Å². The number of aryl methyl sites for hydroxylation is 1. The van der Waals surface area contributed by atoms with Gasteiger partial charge in [0.05, 0.1) is 18.4 Å². The van der Waals surface area contributed by atoms with Crippen molar-refractivity contribution >= 4 is 33.8 Å². The van der Waals surface area contributed by atoms with E-state index in [0.717, 1.165) is 55.2 Å². The number of allylic oxidation sites excluding steroid dienone is 1. The molecule has 6 rings (SSSR count). The van der Waals surface area contributed by atoms with Crippen LogP contribution in [0.1, 0.15) is 60.5 Å². The number of amides is 1. The normalized spacial score (nSPS) is 31.7. The van der Waals surface area contributed by atoms with Gasteiger partial charge in [-0.2, -0.15) is 10.6 Å². The first-order valence-corrected chi connectivity index (χ1v) is 16.2. The fourth-order valence-electron chi connectivity index (χ4n) is 7.11. The lowest BCUT2D eigenvalue weighted by atomic mass is 9.69. The summed E-state index contributed by atoms with van der Waals surface area (Å²) in [5.41, 5.74) is 3.87. The molecule has 2 aromatic rings. The van der Waals surface area contributed by atoms with Crippen molar-refractivity contribution < 1.29 is 18.5 Å². The molecule has 0 N–H and O–H groups in total. The van der Waals surface area contributed by atoms with Crippen molar-refractivity contribution in [2.75, 3.05) is 37.5 Å². The molecule has 2 heterocycles. The standard InChI is InChI=1S/C32H38ClN2O4S/c1-21-18-40(37)34-31(36)24-10-13-30-28(16-24)35(17-25-9-8-22(25)5-3-7-29(21)38-2)19-32(20-39-30)14-4-6-23-15-26(33)11-12-27(23)32/h3,7,10-13,15-16,21-22,25,29H,4-6,8-9,14,17-20H2,1-2H3/q-1/b7-3+/t21-,22-,25+,29+,32+/m1/s1. The van der Waals surface area contributed by atoms with E-state index in [1.54, 1.807) is 13.2 Å². The number of anilines is 1. The van der Waals surface area contributed by atoms with Crippen LogP contribution in [0.2, 0.25) is 5.02 Å². The molecule has 40 heavy (non-hydrogen) atoms. The highest BCUT2D eigenvalue weighted by molar-refractivity contribution is 7.75. The SMILES string of the molecule is CO[C@H]1/C=C/C[C@@H]2CC[C@H]2CN2C[C@@]3(CCCc4cc(Cl)ccc43)COc3ccc(cc32)C(=O)N=[S-](=O)C[C@H]1C. The minimum atomic E-state index is -1.64. The van der Waals surface area contributed by atoms with E-state index >= 15 is 0 Å². The highest BCUT2D eigenvalue weighted by Gasteiger charge is 2.43. The molecule has 1 amide bonds. The molecule has 2 aliphatic carbocycles. The monoisotopic (exact) mass is 581 g/mol. The first-order valence-electron chi connectivity index (χ1n) is 14.5. The van der Waals surface area contributed by atoms with Crippen molar-refractivity contribution in [3.8, 4) is 5.75 Å². The summed E-state index contributed by atoms with van der Waals surface area (Å²) >= 11 is 6.40. The highest BCUT2D eigenvalue weighted by atomic mass is 35.5. The molecule has 0 saturated heterocycles. The fraction of sp³-hybridized carbons (Fsp3) is 0.531. The number of carbonyl (C=O) groups is 1. The summed E-state index contributed by atoms with van der Waals surface area (Å²) in [5, 5.41) is 0.776. The predicted octanol–water partition coefficient (Wildman–Crippen LogP) is 6.74. The van der Waals surface area contributed by atoms with Crippen LogP contribution in [0.3, 0.4) is 0 Å². The van der Waals surface area contributed by atoms with Crippen LogP contribution in [0.5, 0.6) is 5.75 Å². The molecule has 5 atom stereocenters. The lowest BCUT2D eigenvalue weighted by Crippen LogP contribution is -2.48. The van der Waals surface area contributed by atoms with E-state index in [2.05, 4.69) is 33.5 Å². The molecule has 214 valence electrons. The zero-order valence-corrected chi connectivity index (χ0v) is 24.9. The number of hydrogen-bond donors (Lipinski definition) is 0. The second kappa shape index (κ2) is 11.5. The second-order valence-corrected chi connectivity index (χ2v) is 13.7. The summed E-state index contributed by atoms with van der Waals surface area (Å²) in [7, 11) is 0.0379. The molecule has 8 heteroatoms. The number of hydrogen-bond acceptors (Lipinski definition) is 6. The smallest absolute Gasteiger partial charge is 0.254 e. The van der Waals surface area contributed by atoms with Gasteiger partial charge in [0, 0.05) is 36.2 Å². The maximum Gasteiger partial charge on any atom is 0.254 e. The lowest BCUT2D eigenvalue weighted by Gasteiger charge is -2.44. The topological polar surface area (TPSA) is 68.2 Å². The van der Waals surface area contributed by atoms with Crippen molar-refractivity contribution in [2.24, 2.45) is 22.1 Å². The summed E-state index contributed by atoms with van der Waals surface area (Å²) in [6.45, 7) is 4.30. The number of methoxy groups -OCH3 is 1. The third-order valence-electron chi connectivity index (χ3n) is 9.50. The summed E-state index contributed by atoms with van der Waals surface area (Å²) in [4.78, 5) is 15.7. The Morgan fingerprint density at radius 3 is 2.83 bits per heavy atom. The van der Waals surface area contributed by atoms with Crippen LogP contribution in [-0.4, -0.2) is 44.6 Å². The van der Waals surface area contributed by atoms with E-state index in [0.29, 0.717) is 24.0 Å². The van der Waals surface area contributed by atoms with E-state index in [1.165, 1.54) is 24.0 Å². The largest absolute Gasteiger partial charge is 0.490 e. The predicted molar refractivity (Wildman–Crippen MR) is 160 cm³/mol. The maximum absolute atomic E-state index is 13.2. The summed E-state index contributed by atoms with van der Waals surface area (Å²) < 4.78 is 29.2. The first kappa shape index (κ1) is 27.8. The molecule has 0 aromatic heterocycles. The van der Waals surface area contributed by atoms with E-state index in [-0.39, 0.29) is 23.2 Å². The van der Waals surface area contributed by atoms with Gasteiger partial charge in [0.2, 0.25) is 0 Å². The Labute approximate surface area is 244 Å². The maximum atomic E-state index is 13.2.